The minimum atomic E-state index is -3.89. The minimum absolute atomic E-state index is 0.0240. The number of hydrogen-bond acceptors (Lipinski definition) is 6. The van der Waals surface area contributed by atoms with Crippen LogP contribution in [0.4, 0.5) is 5.69 Å². The number of nitrogens with zero attached hydrogens (tertiary/aromatic N) is 2. The van der Waals surface area contributed by atoms with E-state index in [2.05, 4.69) is 14.5 Å². The van der Waals surface area contributed by atoms with E-state index in [1.165, 1.54) is 24.3 Å². The number of benzene rings is 2. The van der Waals surface area contributed by atoms with E-state index in [1.54, 1.807) is 35.1 Å². The normalized spacial score (nSPS) is 14.3. The molecule has 0 spiro atoms. The smallest absolute Gasteiger partial charge is 0.261 e. The molecule has 1 saturated carbocycles. The van der Waals surface area contributed by atoms with Crippen molar-refractivity contribution in [1.82, 2.24) is 14.5 Å². The number of sulfonamides is 2. The second kappa shape index (κ2) is 8.69. The van der Waals surface area contributed by atoms with Crippen molar-refractivity contribution in [1.29, 1.82) is 0 Å². The van der Waals surface area contributed by atoms with E-state index in [-0.39, 0.29) is 15.8 Å². The Bertz CT molecular complexity index is 1240. The number of nitrogens with one attached hydrogen (secondary N) is 2. The molecule has 2 aromatic carbocycles. The lowest BCUT2D eigenvalue weighted by Crippen LogP contribution is -2.25. The molecule has 0 radical (unpaired) electrons. The van der Waals surface area contributed by atoms with Crippen molar-refractivity contribution in [2.24, 2.45) is 0 Å². The van der Waals surface area contributed by atoms with Gasteiger partial charge in [0.05, 0.1) is 22.0 Å². The largest absolute Gasteiger partial charge is 0.492 e. The van der Waals surface area contributed by atoms with Crippen LogP contribution in [-0.4, -0.2) is 39.3 Å². The van der Waals surface area contributed by atoms with Crippen LogP contribution >= 0.6 is 0 Å². The van der Waals surface area contributed by atoms with Crippen LogP contribution < -0.4 is 14.2 Å². The summed E-state index contributed by atoms with van der Waals surface area (Å²) in [5, 5.41) is 4.09. The molecule has 31 heavy (non-hydrogen) atoms. The topological polar surface area (TPSA) is 119 Å². The molecular formula is C20H22N4O5S2. The van der Waals surface area contributed by atoms with Crippen LogP contribution in [0.15, 0.2) is 76.8 Å². The van der Waals surface area contributed by atoms with Crippen molar-refractivity contribution >= 4 is 25.7 Å². The predicted molar refractivity (Wildman–Crippen MR) is 115 cm³/mol. The van der Waals surface area contributed by atoms with Gasteiger partial charge in [0.1, 0.15) is 12.4 Å². The summed E-state index contributed by atoms with van der Waals surface area (Å²) in [6.45, 7) is 0.941. The number of anilines is 1. The first-order chi connectivity index (χ1) is 14.8. The van der Waals surface area contributed by atoms with Crippen LogP contribution in [0.25, 0.3) is 0 Å². The van der Waals surface area contributed by atoms with E-state index >= 15 is 0 Å². The summed E-state index contributed by atoms with van der Waals surface area (Å²) in [5.41, 5.74) is 0.337. The first-order valence-electron chi connectivity index (χ1n) is 9.67. The summed E-state index contributed by atoms with van der Waals surface area (Å²) in [4.78, 5) is -0.00574. The van der Waals surface area contributed by atoms with Gasteiger partial charge in [-0.15, -0.1) is 0 Å². The molecule has 3 aromatic rings. The first kappa shape index (κ1) is 21.3. The highest BCUT2D eigenvalue weighted by Gasteiger charge is 2.28. The van der Waals surface area contributed by atoms with Gasteiger partial charge in [-0.3, -0.25) is 9.40 Å². The summed E-state index contributed by atoms with van der Waals surface area (Å²) in [6, 6.07) is 13.5. The molecular weight excluding hydrogens is 440 g/mol. The zero-order valence-corrected chi connectivity index (χ0v) is 18.1. The fourth-order valence-electron chi connectivity index (χ4n) is 2.84. The standard InChI is InChI=1S/C20H22N4O5S2/c25-30(26,22-16-5-6-16)19-7-9-20(10-8-19)31(27,28)23-17-3-1-4-18(15-17)29-14-13-24-12-2-11-21-24/h1-4,7-12,15-16,22-23H,5-6,13-14H2. The van der Waals surface area contributed by atoms with E-state index in [4.69, 9.17) is 4.74 Å². The highest BCUT2D eigenvalue weighted by Crippen LogP contribution is 2.24. The van der Waals surface area contributed by atoms with E-state index in [1.807, 2.05) is 12.3 Å². The van der Waals surface area contributed by atoms with Gasteiger partial charge in [-0.2, -0.15) is 5.10 Å². The van der Waals surface area contributed by atoms with E-state index in [0.717, 1.165) is 12.8 Å². The molecule has 1 aromatic heterocycles. The van der Waals surface area contributed by atoms with Gasteiger partial charge in [0.2, 0.25) is 10.0 Å². The van der Waals surface area contributed by atoms with Crippen molar-refractivity contribution in [3.8, 4) is 5.75 Å². The molecule has 9 nitrogen and oxygen atoms in total. The Morgan fingerprint density at radius 2 is 1.68 bits per heavy atom. The van der Waals surface area contributed by atoms with Gasteiger partial charge in [0.25, 0.3) is 10.0 Å². The molecule has 0 aliphatic heterocycles. The third kappa shape index (κ3) is 5.63. The third-order valence-electron chi connectivity index (χ3n) is 4.58. The summed E-state index contributed by atoms with van der Waals surface area (Å²) in [7, 11) is -7.53. The Labute approximate surface area is 181 Å². The fourth-order valence-corrected chi connectivity index (χ4v) is 5.19. The molecule has 1 aliphatic carbocycles. The number of aromatic nitrogens is 2. The van der Waals surface area contributed by atoms with Crippen LogP contribution in [0.5, 0.6) is 5.75 Å². The molecule has 0 atom stereocenters. The monoisotopic (exact) mass is 462 g/mol. The zero-order valence-electron chi connectivity index (χ0n) is 16.5. The van der Waals surface area contributed by atoms with Crippen LogP contribution in [0.2, 0.25) is 0 Å². The van der Waals surface area contributed by atoms with Gasteiger partial charge in [0, 0.05) is 24.5 Å². The molecule has 1 heterocycles. The van der Waals surface area contributed by atoms with Crippen molar-refractivity contribution in [3.63, 3.8) is 0 Å². The second-order valence-electron chi connectivity index (χ2n) is 7.12. The minimum Gasteiger partial charge on any atom is -0.492 e. The number of rotatable bonds is 10. The molecule has 0 saturated heterocycles. The van der Waals surface area contributed by atoms with Gasteiger partial charge in [-0.1, -0.05) is 6.07 Å². The van der Waals surface area contributed by atoms with Crippen molar-refractivity contribution in [2.45, 2.75) is 35.2 Å². The summed E-state index contributed by atoms with van der Waals surface area (Å²) in [6.07, 6.45) is 5.15. The molecule has 164 valence electrons. The third-order valence-corrected chi connectivity index (χ3v) is 7.51. The van der Waals surface area contributed by atoms with Crippen molar-refractivity contribution in [3.05, 3.63) is 67.0 Å². The maximum absolute atomic E-state index is 12.7. The molecule has 1 fully saturated rings. The van der Waals surface area contributed by atoms with Gasteiger partial charge in [-0.05, 0) is 55.3 Å². The second-order valence-corrected chi connectivity index (χ2v) is 10.5. The Hall–Kier alpha value is -2.89. The van der Waals surface area contributed by atoms with Crippen LogP contribution in [0.1, 0.15) is 12.8 Å². The Balaban J connectivity index is 1.41. The van der Waals surface area contributed by atoms with Gasteiger partial charge in [-0.25, -0.2) is 21.6 Å². The van der Waals surface area contributed by atoms with E-state index < -0.39 is 20.0 Å². The molecule has 4 rings (SSSR count). The average molecular weight is 463 g/mol. The van der Waals surface area contributed by atoms with E-state index in [0.29, 0.717) is 24.6 Å². The summed E-state index contributed by atoms with van der Waals surface area (Å²) >= 11 is 0. The zero-order chi connectivity index (χ0) is 21.9. The van der Waals surface area contributed by atoms with Gasteiger partial charge in [0.15, 0.2) is 0 Å². The van der Waals surface area contributed by atoms with E-state index in [9.17, 15) is 16.8 Å². The quantitative estimate of drug-likeness (QED) is 0.477. The summed E-state index contributed by atoms with van der Waals surface area (Å²) < 4.78 is 62.3. The van der Waals surface area contributed by atoms with Crippen LogP contribution in [0, 0.1) is 0 Å². The highest BCUT2D eigenvalue weighted by atomic mass is 32.2. The van der Waals surface area contributed by atoms with Gasteiger partial charge >= 0.3 is 0 Å². The molecule has 0 unspecified atom stereocenters. The van der Waals surface area contributed by atoms with Crippen molar-refractivity contribution < 1.29 is 21.6 Å². The Kier molecular flexibility index (Phi) is 5.99. The predicted octanol–water partition coefficient (Wildman–Crippen LogP) is 2.20. The average Bonchev–Trinajstić information content (AvgIpc) is 3.38. The highest BCUT2D eigenvalue weighted by molar-refractivity contribution is 7.92. The van der Waals surface area contributed by atoms with Crippen LogP contribution in [0.3, 0.4) is 0 Å². The molecule has 2 N–H and O–H groups in total. The lowest BCUT2D eigenvalue weighted by atomic mass is 10.3. The molecule has 0 bridgehead atoms. The number of ether oxygens (including phenoxy) is 1. The first-order valence-corrected chi connectivity index (χ1v) is 12.6. The Morgan fingerprint density at radius 3 is 2.32 bits per heavy atom. The lowest BCUT2D eigenvalue weighted by Gasteiger charge is -2.11. The lowest BCUT2D eigenvalue weighted by molar-refractivity contribution is 0.291. The molecule has 0 amide bonds. The summed E-state index contributed by atoms with van der Waals surface area (Å²) in [5.74, 6) is 0.514. The number of hydrogen-bond donors (Lipinski definition) is 2. The Morgan fingerprint density at radius 1 is 0.968 bits per heavy atom. The van der Waals surface area contributed by atoms with Crippen molar-refractivity contribution in [2.75, 3.05) is 11.3 Å². The SMILES string of the molecule is O=S(=O)(Nc1cccc(OCCn2cccn2)c1)c1ccc(S(=O)(=O)NC2CC2)cc1. The fraction of sp³-hybridized carbons (Fsp3) is 0.250. The maximum Gasteiger partial charge on any atom is 0.261 e. The van der Waals surface area contributed by atoms with Gasteiger partial charge < -0.3 is 4.74 Å². The van der Waals surface area contributed by atoms with Crippen LogP contribution in [-0.2, 0) is 26.6 Å². The molecule has 1 aliphatic rings. The molecule has 11 heteroatoms. The maximum atomic E-state index is 12.7.